The Balaban J connectivity index is 1.41. The first-order valence-electron chi connectivity index (χ1n) is 9.93. The van der Waals surface area contributed by atoms with E-state index < -0.39 is 0 Å². The minimum Gasteiger partial charge on any atom is -0.355 e. The largest absolute Gasteiger partial charge is 0.355 e. The minimum absolute atomic E-state index is 0.0529. The number of nitrogens with zero attached hydrogens (tertiary/aromatic N) is 1. The molecule has 1 N–H and O–H groups in total. The van der Waals surface area contributed by atoms with Crippen LogP contribution in [-0.4, -0.2) is 24.9 Å². The maximum Gasteiger partial charge on any atom is 0.230 e. The number of carbonyl (C=O) groups excluding carboxylic acids is 2. The molecular formula is C22H26N2O2S. The molecule has 1 aliphatic carbocycles. The van der Waals surface area contributed by atoms with Crippen LogP contribution in [0.3, 0.4) is 0 Å². The van der Waals surface area contributed by atoms with Gasteiger partial charge in [0.1, 0.15) is 0 Å². The van der Waals surface area contributed by atoms with Crippen molar-refractivity contribution in [3.63, 3.8) is 0 Å². The molecular weight excluding hydrogens is 356 g/mol. The number of nitrogens with one attached hydrogen (secondary N) is 1. The number of carbonyl (C=O) groups is 2. The van der Waals surface area contributed by atoms with E-state index in [9.17, 15) is 9.59 Å². The van der Waals surface area contributed by atoms with Gasteiger partial charge in [0, 0.05) is 29.6 Å². The zero-order valence-corrected chi connectivity index (χ0v) is 16.3. The molecule has 2 heterocycles. The first-order valence-corrected chi connectivity index (χ1v) is 10.8. The van der Waals surface area contributed by atoms with E-state index in [1.54, 1.807) is 11.3 Å². The first kappa shape index (κ1) is 18.2. The number of thiophene rings is 1. The standard InChI is InChI=1S/C22H26N2O2S/c25-21(23-13-11-17-7-5-15-27-17)18-8-2-3-9-19(18)22(26)24-14-12-16-6-1-4-10-20(16)24/h1,4-7,10,15,18-19H,2-3,8-9,11-14H2,(H,23,25). The smallest absolute Gasteiger partial charge is 0.230 e. The second-order valence-corrected chi connectivity index (χ2v) is 8.52. The van der Waals surface area contributed by atoms with Gasteiger partial charge in [-0.3, -0.25) is 9.59 Å². The number of benzene rings is 1. The normalized spacial score (nSPS) is 21.7. The molecule has 2 unspecified atom stereocenters. The van der Waals surface area contributed by atoms with Gasteiger partial charge in [-0.15, -0.1) is 11.3 Å². The minimum atomic E-state index is -0.192. The van der Waals surface area contributed by atoms with Crippen LogP contribution in [0, 0.1) is 11.8 Å². The Morgan fingerprint density at radius 1 is 1.07 bits per heavy atom. The van der Waals surface area contributed by atoms with Gasteiger partial charge in [-0.2, -0.15) is 0 Å². The van der Waals surface area contributed by atoms with Gasteiger partial charge in [0.25, 0.3) is 0 Å². The first-order chi connectivity index (χ1) is 13.2. The number of fused-ring (bicyclic) bond motifs is 1. The molecule has 4 rings (SSSR count). The molecule has 1 aromatic carbocycles. The Kier molecular flexibility index (Phi) is 5.58. The van der Waals surface area contributed by atoms with Crippen LogP contribution in [0.25, 0.3) is 0 Å². The number of hydrogen-bond acceptors (Lipinski definition) is 3. The average molecular weight is 383 g/mol. The molecule has 1 aromatic heterocycles. The molecule has 0 radical (unpaired) electrons. The van der Waals surface area contributed by atoms with Crippen molar-refractivity contribution in [2.45, 2.75) is 38.5 Å². The van der Waals surface area contributed by atoms with E-state index >= 15 is 0 Å². The fraction of sp³-hybridized carbons (Fsp3) is 0.455. The zero-order valence-electron chi connectivity index (χ0n) is 15.5. The lowest BCUT2D eigenvalue weighted by atomic mass is 9.77. The van der Waals surface area contributed by atoms with E-state index in [-0.39, 0.29) is 23.7 Å². The zero-order chi connectivity index (χ0) is 18.6. The summed E-state index contributed by atoms with van der Waals surface area (Å²) >= 11 is 1.71. The summed E-state index contributed by atoms with van der Waals surface area (Å²) < 4.78 is 0. The SMILES string of the molecule is O=C(NCCc1cccs1)C1CCCCC1C(=O)N1CCc2ccccc21. The Hall–Kier alpha value is -2.14. The van der Waals surface area contributed by atoms with E-state index in [4.69, 9.17) is 0 Å². The highest BCUT2D eigenvalue weighted by molar-refractivity contribution is 7.09. The van der Waals surface area contributed by atoms with Crippen molar-refractivity contribution in [2.24, 2.45) is 11.8 Å². The maximum atomic E-state index is 13.3. The Bertz CT molecular complexity index is 802. The summed E-state index contributed by atoms with van der Waals surface area (Å²) in [6, 6.07) is 12.3. The Morgan fingerprint density at radius 3 is 2.70 bits per heavy atom. The summed E-state index contributed by atoms with van der Waals surface area (Å²) in [6.45, 7) is 1.38. The van der Waals surface area contributed by atoms with Crippen LogP contribution in [0.2, 0.25) is 0 Å². The second kappa shape index (κ2) is 8.26. The highest BCUT2D eigenvalue weighted by Crippen LogP contribution is 2.35. The average Bonchev–Trinajstić information content (AvgIpc) is 3.37. The molecule has 2 amide bonds. The van der Waals surface area contributed by atoms with Gasteiger partial charge in [0.2, 0.25) is 11.8 Å². The Labute approximate surface area is 164 Å². The van der Waals surface area contributed by atoms with Crippen molar-refractivity contribution in [1.29, 1.82) is 0 Å². The van der Waals surface area contributed by atoms with Crippen LogP contribution < -0.4 is 10.2 Å². The fourth-order valence-corrected chi connectivity index (χ4v) is 5.11. The maximum absolute atomic E-state index is 13.3. The summed E-state index contributed by atoms with van der Waals surface area (Å²) in [5.41, 5.74) is 2.27. The van der Waals surface area contributed by atoms with E-state index in [1.807, 2.05) is 29.2 Å². The molecule has 4 nitrogen and oxygen atoms in total. The summed E-state index contributed by atoms with van der Waals surface area (Å²) in [5.74, 6) is -0.191. The van der Waals surface area contributed by atoms with Gasteiger partial charge >= 0.3 is 0 Å². The predicted octanol–water partition coefficient (Wildman–Crippen LogP) is 3.80. The lowest BCUT2D eigenvalue weighted by molar-refractivity contribution is -0.135. The van der Waals surface area contributed by atoms with Crippen LogP contribution in [0.4, 0.5) is 5.69 Å². The van der Waals surface area contributed by atoms with Crippen LogP contribution in [0.15, 0.2) is 41.8 Å². The third-order valence-corrected chi connectivity index (χ3v) is 6.76. The Morgan fingerprint density at radius 2 is 1.89 bits per heavy atom. The molecule has 2 aliphatic rings. The lowest BCUT2D eigenvalue weighted by Gasteiger charge is -2.32. The number of hydrogen-bond donors (Lipinski definition) is 1. The van der Waals surface area contributed by atoms with Crippen LogP contribution in [0.5, 0.6) is 0 Å². The topological polar surface area (TPSA) is 49.4 Å². The summed E-state index contributed by atoms with van der Waals surface area (Å²) in [4.78, 5) is 29.3. The quantitative estimate of drug-likeness (QED) is 0.855. The third kappa shape index (κ3) is 3.93. The predicted molar refractivity (Wildman–Crippen MR) is 109 cm³/mol. The van der Waals surface area contributed by atoms with Crippen LogP contribution in [0.1, 0.15) is 36.1 Å². The third-order valence-electron chi connectivity index (χ3n) is 5.82. The van der Waals surface area contributed by atoms with Crippen molar-refractivity contribution in [1.82, 2.24) is 5.32 Å². The van der Waals surface area contributed by atoms with Gasteiger partial charge in [-0.25, -0.2) is 0 Å². The van der Waals surface area contributed by atoms with Gasteiger partial charge in [0.05, 0.1) is 5.92 Å². The summed E-state index contributed by atoms with van der Waals surface area (Å²) in [5, 5.41) is 5.14. The molecule has 0 spiro atoms. The summed E-state index contributed by atoms with van der Waals surface area (Å²) in [7, 11) is 0. The van der Waals surface area contributed by atoms with Crippen molar-refractivity contribution in [3.8, 4) is 0 Å². The monoisotopic (exact) mass is 382 g/mol. The molecule has 2 atom stereocenters. The van der Waals surface area contributed by atoms with E-state index in [0.29, 0.717) is 6.54 Å². The second-order valence-electron chi connectivity index (χ2n) is 7.49. The number of amides is 2. The van der Waals surface area contributed by atoms with Gasteiger partial charge in [-0.05, 0) is 48.8 Å². The van der Waals surface area contributed by atoms with Crippen molar-refractivity contribution in [2.75, 3.05) is 18.0 Å². The fourth-order valence-electron chi connectivity index (χ4n) is 4.40. The van der Waals surface area contributed by atoms with Crippen LogP contribution >= 0.6 is 11.3 Å². The van der Waals surface area contributed by atoms with Crippen molar-refractivity contribution < 1.29 is 9.59 Å². The highest BCUT2D eigenvalue weighted by Gasteiger charge is 2.39. The molecule has 142 valence electrons. The van der Waals surface area contributed by atoms with Crippen LogP contribution in [-0.2, 0) is 22.4 Å². The van der Waals surface area contributed by atoms with Crippen molar-refractivity contribution in [3.05, 3.63) is 52.2 Å². The molecule has 0 saturated heterocycles. The molecule has 1 fully saturated rings. The molecule has 5 heteroatoms. The molecule has 1 aliphatic heterocycles. The van der Waals surface area contributed by atoms with Crippen molar-refractivity contribution >= 4 is 28.8 Å². The number of rotatable bonds is 5. The van der Waals surface area contributed by atoms with Gasteiger partial charge in [0.15, 0.2) is 0 Å². The highest BCUT2D eigenvalue weighted by atomic mass is 32.1. The van der Waals surface area contributed by atoms with Gasteiger partial charge in [-0.1, -0.05) is 37.1 Å². The molecule has 2 aromatic rings. The number of para-hydroxylation sites is 1. The summed E-state index contributed by atoms with van der Waals surface area (Å²) in [6.07, 6.45) is 5.46. The van der Waals surface area contributed by atoms with E-state index in [1.165, 1.54) is 10.4 Å². The van der Waals surface area contributed by atoms with E-state index in [0.717, 1.165) is 50.8 Å². The molecule has 27 heavy (non-hydrogen) atoms. The number of anilines is 1. The molecule has 0 bridgehead atoms. The van der Waals surface area contributed by atoms with E-state index in [2.05, 4.69) is 22.8 Å². The van der Waals surface area contributed by atoms with Gasteiger partial charge < -0.3 is 10.2 Å². The molecule has 1 saturated carbocycles. The lowest BCUT2D eigenvalue weighted by Crippen LogP contribution is -2.45.